The maximum atomic E-state index is 12.0. The zero-order valence-corrected chi connectivity index (χ0v) is 8.94. The summed E-state index contributed by atoms with van der Waals surface area (Å²) in [5.41, 5.74) is -0.110. The van der Waals surface area contributed by atoms with Crippen molar-refractivity contribution in [3.05, 3.63) is 0 Å². The van der Waals surface area contributed by atoms with Crippen molar-refractivity contribution in [2.45, 2.75) is 45.1 Å². The first-order valence-electron chi connectivity index (χ1n) is 5.72. The second kappa shape index (κ2) is 3.89. The third-order valence-electron chi connectivity index (χ3n) is 3.70. The number of nitrogens with one attached hydrogen (secondary N) is 2. The Balaban J connectivity index is 1.87. The molecule has 14 heavy (non-hydrogen) atoms. The summed E-state index contributed by atoms with van der Waals surface area (Å²) in [5, 5.41) is 6.46. The molecule has 2 rings (SSSR count). The summed E-state index contributed by atoms with van der Waals surface area (Å²) in [6.45, 7) is 4.06. The SMILES string of the molecule is CC1(C(=O)NC2CCC2)CCNCC1. The Hall–Kier alpha value is -0.570. The molecule has 2 aliphatic rings. The molecule has 1 saturated carbocycles. The lowest BCUT2D eigenvalue weighted by Crippen LogP contribution is -2.50. The number of carbonyl (C=O) groups is 1. The minimum absolute atomic E-state index is 0.110. The van der Waals surface area contributed by atoms with Crippen molar-refractivity contribution in [3.63, 3.8) is 0 Å². The number of hydrogen-bond donors (Lipinski definition) is 2. The van der Waals surface area contributed by atoms with Gasteiger partial charge in [0.15, 0.2) is 0 Å². The molecule has 1 aliphatic carbocycles. The predicted octanol–water partition coefficient (Wildman–Crippen LogP) is 1.04. The Morgan fingerprint density at radius 2 is 2.00 bits per heavy atom. The molecule has 0 bridgehead atoms. The van der Waals surface area contributed by atoms with Crippen molar-refractivity contribution in [1.82, 2.24) is 10.6 Å². The fraction of sp³-hybridized carbons (Fsp3) is 0.909. The molecule has 0 aromatic heterocycles. The van der Waals surface area contributed by atoms with Gasteiger partial charge in [0.1, 0.15) is 0 Å². The van der Waals surface area contributed by atoms with Gasteiger partial charge in [-0.3, -0.25) is 4.79 Å². The first-order valence-corrected chi connectivity index (χ1v) is 5.72. The van der Waals surface area contributed by atoms with Crippen LogP contribution in [0.2, 0.25) is 0 Å². The van der Waals surface area contributed by atoms with E-state index >= 15 is 0 Å². The van der Waals surface area contributed by atoms with E-state index in [2.05, 4.69) is 17.6 Å². The molecule has 3 nitrogen and oxygen atoms in total. The van der Waals surface area contributed by atoms with E-state index in [1.54, 1.807) is 0 Å². The van der Waals surface area contributed by atoms with Crippen molar-refractivity contribution in [2.24, 2.45) is 5.41 Å². The van der Waals surface area contributed by atoms with Crippen molar-refractivity contribution >= 4 is 5.91 Å². The van der Waals surface area contributed by atoms with Crippen LogP contribution < -0.4 is 10.6 Å². The molecule has 1 aliphatic heterocycles. The number of carbonyl (C=O) groups excluding carboxylic acids is 1. The summed E-state index contributed by atoms with van der Waals surface area (Å²) < 4.78 is 0. The normalized spacial score (nSPS) is 26.6. The highest BCUT2D eigenvalue weighted by Gasteiger charge is 2.36. The monoisotopic (exact) mass is 196 g/mol. The van der Waals surface area contributed by atoms with Gasteiger partial charge in [-0.05, 0) is 45.2 Å². The number of rotatable bonds is 2. The average Bonchev–Trinajstić information content (AvgIpc) is 2.12. The lowest BCUT2D eigenvalue weighted by molar-refractivity contribution is -0.132. The Labute approximate surface area is 85.6 Å². The van der Waals surface area contributed by atoms with E-state index in [1.807, 2.05) is 0 Å². The highest BCUT2D eigenvalue weighted by Crippen LogP contribution is 2.29. The minimum Gasteiger partial charge on any atom is -0.353 e. The summed E-state index contributed by atoms with van der Waals surface area (Å²) >= 11 is 0. The van der Waals surface area contributed by atoms with E-state index in [1.165, 1.54) is 19.3 Å². The third kappa shape index (κ3) is 1.92. The molecule has 0 aromatic carbocycles. The zero-order chi connectivity index (χ0) is 10.0. The molecule has 0 atom stereocenters. The van der Waals surface area contributed by atoms with Crippen LogP contribution in [0.1, 0.15) is 39.0 Å². The molecule has 1 saturated heterocycles. The van der Waals surface area contributed by atoms with Crippen LogP contribution in [0.25, 0.3) is 0 Å². The minimum atomic E-state index is -0.110. The predicted molar refractivity (Wildman–Crippen MR) is 56.0 cm³/mol. The van der Waals surface area contributed by atoms with Gasteiger partial charge in [-0.1, -0.05) is 6.92 Å². The highest BCUT2D eigenvalue weighted by atomic mass is 16.2. The quantitative estimate of drug-likeness (QED) is 0.693. The zero-order valence-electron chi connectivity index (χ0n) is 8.94. The van der Waals surface area contributed by atoms with Crippen LogP contribution in [0, 0.1) is 5.41 Å². The van der Waals surface area contributed by atoms with Gasteiger partial charge in [-0.25, -0.2) is 0 Å². The van der Waals surface area contributed by atoms with Crippen molar-refractivity contribution in [2.75, 3.05) is 13.1 Å². The van der Waals surface area contributed by atoms with Gasteiger partial charge in [0, 0.05) is 11.5 Å². The van der Waals surface area contributed by atoms with Crippen LogP contribution in [0.4, 0.5) is 0 Å². The molecular formula is C11H20N2O. The molecule has 2 N–H and O–H groups in total. The van der Waals surface area contributed by atoms with E-state index < -0.39 is 0 Å². The maximum Gasteiger partial charge on any atom is 0.226 e. The van der Waals surface area contributed by atoms with Crippen LogP contribution >= 0.6 is 0 Å². The number of hydrogen-bond acceptors (Lipinski definition) is 2. The molecule has 0 radical (unpaired) electrons. The molecule has 80 valence electrons. The van der Waals surface area contributed by atoms with Gasteiger partial charge < -0.3 is 10.6 Å². The van der Waals surface area contributed by atoms with E-state index in [0.717, 1.165) is 25.9 Å². The lowest BCUT2D eigenvalue weighted by atomic mass is 9.79. The van der Waals surface area contributed by atoms with Crippen LogP contribution in [0.5, 0.6) is 0 Å². The van der Waals surface area contributed by atoms with E-state index in [0.29, 0.717) is 6.04 Å². The van der Waals surface area contributed by atoms with Gasteiger partial charge >= 0.3 is 0 Å². The standard InChI is InChI=1S/C11H20N2O/c1-11(5-7-12-8-6-11)10(14)13-9-3-2-4-9/h9,12H,2-8H2,1H3,(H,13,14). The molecule has 0 spiro atoms. The number of piperidine rings is 1. The van der Waals surface area contributed by atoms with E-state index in [4.69, 9.17) is 0 Å². The van der Waals surface area contributed by atoms with Gasteiger partial charge in [0.2, 0.25) is 5.91 Å². The molecule has 2 fully saturated rings. The van der Waals surface area contributed by atoms with Crippen LogP contribution in [0.15, 0.2) is 0 Å². The second-order valence-corrected chi connectivity index (χ2v) is 4.91. The number of amides is 1. The van der Waals surface area contributed by atoms with Crippen LogP contribution in [-0.2, 0) is 4.79 Å². The molecular weight excluding hydrogens is 176 g/mol. The fourth-order valence-electron chi connectivity index (χ4n) is 2.12. The summed E-state index contributed by atoms with van der Waals surface area (Å²) in [5.74, 6) is 0.281. The maximum absolute atomic E-state index is 12.0. The van der Waals surface area contributed by atoms with Gasteiger partial charge in [0.05, 0.1) is 0 Å². The summed E-state index contributed by atoms with van der Waals surface area (Å²) in [7, 11) is 0. The van der Waals surface area contributed by atoms with Gasteiger partial charge in [-0.15, -0.1) is 0 Å². The van der Waals surface area contributed by atoms with Gasteiger partial charge in [-0.2, -0.15) is 0 Å². The van der Waals surface area contributed by atoms with Crippen molar-refractivity contribution < 1.29 is 4.79 Å². The summed E-state index contributed by atoms with van der Waals surface area (Å²) in [6.07, 6.45) is 5.60. The molecule has 1 amide bonds. The lowest BCUT2D eigenvalue weighted by Gasteiger charge is -2.36. The smallest absolute Gasteiger partial charge is 0.226 e. The molecule has 3 heteroatoms. The third-order valence-corrected chi connectivity index (χ3v) is 3.70. The highest BCUT2D eigenvalue weighted by molar-refractivity contribution is 5.82. The first kappa shape index (κ1) is 9.97. The topological polar surface area (TPSA) is 41.1 Å². The van der Waals surface area contributed by atoms with E-state index in [9.17, 15) is 4.79 Å². The Bertz CT molecular complexity index is 217. The molecule has 1 heterocycles. The first-order chi connectivity index (χ1) is 6.71. The molecule has 0 unspecified atom stereocenters. The van der Waals surface area contributed by atoms with Crippen molar-refractivity contribution in [3.8, 4) is 0 Å². The Kier molecular flexibility index (Phi) is 2.77. The van der Waals surface area contributed by atoms with Crippen molar-refractivity contribution in [1.29, 1.82) is 0 Å². The second-order valence-electron chi connectivity index (χ2n) is 4.91. The summed E-state index contributed by atoms with van der Waals surface area (Å²) in [6, 6.07) is 0.481. The van der Waals surface area contributed by atoms with Crippen LogP contribution in [0.3, 0.4) is 0 Å². The largest absolute Gasteiger partial charge is 0.353 e. The Morgan fingerprint density at radius 3 is 2.50 bits per heavy atom. The summed E-state index contributed by atoms with van der Waals surface area (Å²) in [4.78, 5) is 12.0. The Morgan fingerprint density at radius 1 is 1.36 bits per heavy atom. The average molecular weight is 196 g/mol. The molecule has 0 aromatic rings. The van der Waals surface area contributed by atoms with Gasteiger partial charge in [0.25, 0.3) is 0 Å². The van der Waals surface area contributed by atoms with E-state index in [-0.39, 0.29) is 11.3 Å². The fourth-order valence-corrected chi connectivity index (χ4v) is 2.12. The van der Waals surface area contributed by atoms with Crippen LogP contribution in [-0.4, -0.2) is 25.0 Å².